The summed E-state index contributed by atoms with van der Waals surface area (Å²) in [5.74, 6) is 3.59. The van der Waals surface area contributed by atoms with Crippen LogP contribution in [0.15, 0.2) is 48.5 Å². The first-order valence-electron chi connectivity index (χ1n) is 7.99. The average molecular weight is 348 g/mol. The van der Waals surface area contributed by atoms with E-state index in [4.69, 9.17) is 18.9 Å². The number of benzene rings is 2. The van der Waals surface area contributed by atoms with Crippen LogP contribution in [-0.2, 0) is 0 Å². The van der Waals surface area contributed by atoms with Gasteiger partial charge in [-0.25, -0.2) is 0 Å². The number of methoxy groups -OCH3 is 2. The standard InChI is InChI=1S/C20H16N2O4/c1-23-15-9-13(10-16(12-15)24-2)7-8-14-11-19-20(22-21-14)26-18-6-4-3-5-17(18)25-19/h3-12H,1-2H3/b8-7+. The Labute approximate surface area is 150 Å². The Hall–Kier alpha value is -3.54. The second-order valence-electron chi connectivity index (χ2n) is 5.57. The molecule has 1 aliphatic heterocycles. The van der Waals surface area contributed by atoms with Gasteiger partial charge < -0.3 is 18.9 Å². The minimum atomic E-state index is 0.351. The zero-order valence-corrected chi connectivity index (χ0v) is 14.3. The molecule has 4 rings (SSSR count). The molecule has 130 valence electrons. The summed E-state index contributed by atoms with van der Waals surface area (Å²) in [5.41, 5.74) is 1.57. The Morgan fingerprint density at radius 3 is 2.15 bits per heavy atom. The number of aromatic nitrogens is 2. The molecule has 26 heavy (non-hydrogen) atoms. The molecule has 0 unspecified atom stereocenters. The van der Waals surface area contributed by atoms with Crippen LogP contribution >= 0.6 is 0 Å². The Balaban J connectivity index is 1.60. The maximum atomic E-state index is 5.84. The number of hydrogen-bond donors (Lipinski definition) is 0. The van der Waals surface area contributed by atoms with Crippen LogP contribution in [0.1, 0.15) is 11.3 Å². The first-order chi connectivity index (χ1) is 12.7. The van der Waals surface area contributed by atoms with Gasteiger partial charge in [-0.15, -0.1) is 10.2 Å². The summed E-state index contributed by atoms with van der Waals surface area (Å²) >= 11 is 0. The molecule has 6 heteroatoms. The van der Waals surface area contributed by atoms with E-state index in [0.717, 1.165) is 5.56 Å². The van der Waals surface area contributed by atoms with Gasteiger partial charge in [-0.3, -0.25) is 0 Å². The minimum absolute atomic E-state index is 0.351. The second kappa shape index (κ2) is 6.76. The maximum Gasteiger partial charge on any atom is 0.282 e. The molecule has 3 aromatic rings. The molecule has 0 radical (unpaired) electrons. The third-order valence-corrected chi connectivity index (χ3v) is 3.84. The molecule has 0 saturated heterocycles. The van der Waals surface area contributed by atoms with Crippen LogP contribution in [-0.4, -0.2) is 24.4 Å². The van der Waals surface area contributed by atoms with Crippen LogP contribution in [0.5, 0.6) is 34.6 Å². The van der Waals surface area contributed by atoms with Gasteiger partial charge in [0, 0.05) is 12.1 Å². The van der Waals surface area contributed by atoms with Crippen molar-refractivity contribution in [3.63, 3.8) is 0 Å². The van der Waals surface area contributed by atoms with Crippen molar-refractivity contribution in [2.75, 3.05) is 14.2 Å². The summed E-state index contributed by atoms with van der Waals surface area (Å²) in [6, 6.07) is 14.8. The molecule has 0 aliphatic carbocycles. The van der Waals surface area contributed by atoms with Gasteiger partial charge in [-0.2, -0.15) is 0 Å². The van der Waals surface area contributed by atoms with Crippen LogP contribution in [0.2, 0.25) is 0 Å². The molecule has 0 amide bonds. The molecular formula is C20H16N2O4. The summed E-state index contributed by atoms with van der Waals surface area (Å²) in [6.45, 7) is 0. The van der Waals surface area contributed by atoms with E-state index in [1.807, 2.05) is 54.6 Å². The summed E-state index contributed by atoms with van der Waals surface area (Å²) in [6.07, 6.45) is 3.74. The highest BCUT2D eigenvalue weighted by molar-refractivity contribution is 5.70. The number of ether oxygens (including phenoxy) is 4. The monoisotopic (exact) mass is 348 g/mol. The lowest BCUT2D eigenvalue weighted by Gasteiger charge is -2.18. The molecule has 0 spiro atoms. The lowest BCUT2D eigenvalue weighted by molar-refractivity contribution is 0.343. The fourth-order valence-electron chi connectivity index (χ4n) is 2.55. The predicted octanol–water partition coefficient (Wildman–Crippen LogP) is 4.56. The first-order valence-corrected chi connectivity index (χ1v) is 7.99. The number of fused-ring (bicyclic) bond motifs is 2. The van der Waals surface area contributed by atoms with E-state index in [9.17, 15) is 0 Å². The van der Waals surface area contributed by atoms with Crippen molar-refractivity contribution in [2.24, 2.45) is 0 Å². The van der Waals surface area contributed by atoms with E-state index in [-0.39, 0.29) is 0 Å². The van der Waals surface area contributed by atoms with E-state index < -0.39 is 0 Å². The van der Waals surface area contributed by atoms with E-state index in [1.54, 1.807) is 20.3 Å². The number of nitrogens with zero attached hydrogens (tertiary/aromatic N) is 2. The van der Waals surface area contributed by atoms with Gasteiger partial charge >= 0.3 is 0 Å². The summed E-state index contributed by atoms with van der Waals surface area (Å²) in [4.78, 5) is 0. The van der Waals surface area contributed by atoms with Gasteiger partial charge in [0.2, 0.25) is 0 Å². The van der Waals surface area contributed by atoms with Crippen molar-refractivity contribution in [1.82, 2.24) is 10.2 Å². The normalized spacial score (nSPS) is 11.9. The Kier molecular flexibility index (Phi) is 4.15. The molecular weight excluding hydrogens is 332 g/mol. The van der Waals surface area contributed by atoms with Gasteiger partial charge in [0.1, 0.15) is 11.5 Å². The van der Waals surface area contributed by atoms with E-state index in [1.165, 1.54) is 0 Å². The third kappa shape index (κ3) is 3.17. The van der Waals surface area contributed by atoms with Crippen molar-refractivity contribution in [2.45, 2.75) is 0 Å². The molecule has 0 N–H and O–H groups in total. The van der Waals surface area contributed by atoms with Crippen LogP contribution in [0.25, 0.3) is 12.2 Å². The zero-order chi connectivity index (χ0) is 17.9. The summed E-state index contributed by atoms with van der Waals surface area (Å²) in [5, 5.41) is 8.26. The Morgan fingerprint density at radius 1 is 0.769 bits per heavy atom. The smallest absolute Gasteiger partial charge is 0.282 e. The lowest BCUT2D eigenvalue weighted by atomic mass is 10.1. The highest BCUT2D eigenvalue weighted by Crippen LogP contribution is 2.43. The summed E-state index contributed by atoms with van der Waals surface area (Å²) < 4.78 is 22.1. The van der Waals surface area contributed by atoms with Crippen LogP contribution in [0, 0.1) is 0 Å². The van der Waals surface area contributed by atoms with Crippen molar-refractivity contribution in [1.29, 1.82) is 0 Å². The molecule has 0 saturated carbocycles. The molecule has 0 atom stereocenters. The molecule has 6 nitrogen and oxygen atoms in total. The maximum absolute atomic E-state index is 5.84. The van der Waals surface area contributed by atoms with Gasteiger partial charge in [0.25, 0.3) is 5.88 Å². The Morgan fingerprint density at radius 2 is 1.46 bits per heavy atom. The average Bonchev–Trinajstić information content (AvgIpc) is 2.70. The highest BCUT2D eigenvalue weighted by Gasteiger charge is 2.20. The molecule has 0 fully saturated rings. The van der Waals surface area contributed by atoms with E-state index >= 15 is 0 Å². The number of hydrogen-bond acceptors (Lipinski definition) is 6. The van der Waals surface area contributed by atoms with Crippen molar-refractivity contribution in [3.05, 3.63) is 59.8 Å². The predicted molar refractivity (Wildman–Crippen MR) is 97.1 cm³/mol. The van der Waals surface area contributed by atoms with Gasteiger partial charge in [-0.1, -0.05) is 18.2 Å². The molecule has 0 bridgehead atoms. The van der Waals surface area contributed by atoms with Gasteiger partial charge in [0.15, 0.2) is 17.2 Å². The quantitative estimate of drug-likeness (QED) is 0.539. The topological polar surface area (TPSA) is 62.7 Å². The van der Waals surface area contributed by atoms with Crippen molar-refractivity contribution in [3.8, 4) is 34.6 Å². The van der Waals surface area contributed by atoms with E-state index in [2.05, 4.69) is 10.2 Å². The van der Waals surface area contributed by atoms with E-state index in [0.29, 0.717) is 40.3 Å². The fourth-order valence-corrected chi connectivity index (χ4v) is 2.55. The highest BCUT2D eigenvalue weighted by atomic mass is 16.6. The van der Waals surface area contributed by atoms with Gasteiger partial charge in [0.05, 0.1) is 19.9 Å². The first kappa shape index (κ1) is 16.0. The SMILES string of the molecule is COc1cc(/C=C/c2cc3c(nn2)Oc2ccccc2O3)cc(OC)c1. The third-order valence-electron chi connectivity index (χ3n) is 3.84. The fraction of sp³-hybridized carbons (Fsp3) is 0.100. The number of rotatable bonds is 4. The molecule has 2 heterocycles. The Bertz CT molecular complexity index is 963. The molecule has 2 aromatic carbocycles. The zero-order valence-electron chi connectivity index (χ0n) is 14.3. The number of para-hydroxylation sites is 2. The van der Waals surface area contributed by atoms with Crippen LogP contribution < -0.4 is 18.9 Å². The molecule has 1 aliphatic rings. The molecule has 1 aromatic heterocycles. The van der Waals surface area contributed by atoms with Crippen LogP contribution in [0.3, 0.4) is 0 Å². The lowest BCUT2D eigenvalue weighted by Crippen LogP contribution is -2.02. The second-order valence-corrected chi connectivity index (χ2v) is 5.57. The van der Waals surface area contributed by atoms with Crippen LogP contribution in [0.4, 0.5) is 0 Å². The summed E-state index contributed by atoms with van der Waals surface area (Å²) in [7, 11) is 3.23. The van der Waals surface area contributed by atoms with Crippen molar-refractivity contribution >= 4 is 12.2 Å². The largest absolute Gasteiger partial charge is 0.497 e. The van der Waals surface area contributed by atoms with Crippen molar-refractivity contribution < 1.29 is 18.9 Å². The minimum Gasteiger partial charge on any atom is -0.497 e. The van der Waals surface area contributed by atoms with Gasteiger partial charge in [-0.05, 0) is 35.9 Å².